The fraction of sp³-hybridized carbons (Fsp3) is 0.579. The van der Waals surface area contributed by atoms with Crippen LogP contribution in [0.25, 0.3) is 0 Å². The van der Waals surface area contributed by atoms with Crippen LogP contribution in [-0.4, -0.2) is 62.8 Å². The quantitative estimate of drug-likeness (QED) is 0.352. The third-order valence-corrected chi connectivity index (χ3v) is 6.19. The predicted molar refractivity (Wildman–Crippen MR) is 90.3 cm³/mol. The number of hydrogen-bond acceptors (Lipinski definition) is 4. The van der Waals surface area contributed by atoms with Crippen molar-refractivity contribution in [3.63, 3.8) is 0 Å². The summed E-state index contributed by atoms with van der Waals surface area (Å²) in [4.78, 5) is 0. The Kier molecular flexibility index (Phi) is 5.09. The normalized spacial score (nSPS) is 35.2. The van der Waals surface area contributed by atoms with E-state index in [4.69, 9.17) is 14.2 Å². The first-order chi connectivity index (χ1) is 11.5. The largest absolute Gasteiger partial charge is 1.00 e. The van der Waals surface area contributed by atoms with Gasteiger partial charge in [-0.2, -0.15) is 0 Å². The monoisotopic (exact) mass is 459 g/mol. The minimum atomic E-state index is -0.545. The number of halogens is 1. The van der Waals surface area contributed by atoms with Gasteiger partial charge in [-0.05, 0) is 29.3 Å². The fourth-order valence-electron chi connectivity index (χ4n) is 5.08. The Morgan fingerprint density at radius 1 is 1.12 bits per heavy atom. The molecule has 0 saturated carbocycles. The first-order valence-electron chi connectivity index (χ1n) is 8.53. The Bertz CT molecular complexity index is 707. The Morgan fingerprint density at radius 3 is 2.44 bits per heavy atom. The lowest BCUT2D eigenvalue weighted by molar-refractivity contribution is -0.935. The van der Waals surface area contributed by atoms with E-state index < -0.39 is 6.10 Å². The molecular weight excluding hydrogens is 433 g/mol. The highest BCUT2D eigenvalue weighted by Crippen LogP contribution is 2.52. The minimum Gasteiger partial charge on any atom is -1.00 e. The Hall–Kier alpha value is -0.830. The van der Waals surface area contributed by atoms with Crippen molar-refractivity contribution in [3.8, 4) is 11.5 Å². The number of rotatable bonds is 3. The highest BCUT2D eigenvalue weighted by atomic mass is 127. The van der Waals surface area contributed by atoms with Gasteiger partial charge in [-0.3, -0.25) is 0 Å². The second-order valence-corrected chi connectivity index (χ2v) is 7.42. The maximum absolute atomic E-state index is 11.0. The molecule has 25 heavy (non-hydrogen) atoms. The molecule has 1 saturated heterocycles. The second kappa shape index (κ2) is 6.72. The maximum atomic E-state index is 11.0. The van der Waals surface area contributed by atoms with Gasteiger partial charge in [0, 0.05) is 19.1 Å². The minimum absolute atomic E-state index is 0. The van der Waals surface area contributed by atoms with Crippen molar-refractivity contribution in [2.45, 2.75) is 37.1 Å². The number of ether oxygens (including phenoxy) is 3. The molecule has 1 fully saturated rings. The van der Waals surface area contributed by atoms with Crippen LogP contribution in [0.2, 0.25) is 0 Å². The number of hydrogen-bond donors (Lipinski definition) is 1. The average Bonchev–Trinajstić information content (AvgIpc) is 2.92. The summed E-state index contributed by atoms with van der Waals surface area (Å²) in [5.41, 5.74) is 3.85. The fourth-order valence-corrected chi connectivity index (χ4v) is 5.08. The molecular formula is C19H26INO4. The first kappa shape index (κ1) is 18.9. The molecule has 2 aliphatic heterocycles. The molecule has 1 aromatic carbocycles. The number of aliphatic hydroxyl groups excluding tert-OH is 1. The number of benzene rings is 1. The van der Waals surface area contributed by atoms with Gasteiger partial charge in [0.25, 0.3) is 0 Å². The second-order valence-electron chi connectivity index (χ2n) is 7.42. The zero-order chi connectivity index (χ0) is 17.1. The van der Waals surface area contributed by atoms with E-state index in [2.05, 4.69) is 25.3 Å². The molecule has 138 valence electrons. The van der Waals surface area contributed by atoms with Crippen molar-refractivity contribution in [3.05, 3.63) is 34.9 Å². The molecule has 5 unspecified atom stereocenters. The molecule has 1 aromatic rings. The zero-order valence-electron chi connectivity index (χ0n) is 15.2. The summed E-state index contributed by atoms with van der Waals surface area (Å²) >= 11 is 0. The molecule has 4 rings (SSSR count). The van der Waals surface area contributed by atoms with E-state index in [0.717, 1.165) is 35.5 Å². The van der Waals surface area contributed by atoms with Crippen LogP contribution in [0.1, 0.15) is 23.5 Å². The van der Waals surface area contributed by atoms with Gasteiger partial charge < -0.3 is 47.8 Å². The molecule has 6 heteroatoms. The molecule has 0 spiro atoms. The molecule has 0 amide bonds. The van der Waals surface area contributed by atoms with E-state index in [0.29, 0.717) is 6.04 Å². The summed E-state index contributed by atoms with van der Waals surface area (Å²) < 4.78 is 17.5. The van der Waals surface area contributed by atoms with Crippen LogP contribution >= 0.6 is 0 Å². The van der Waals surface area contributed by atoms with E-state index in [-0.39, 0.29) is 36.0 Å². The summed E-state index contributed by atoms with van der Waals surface area (Å²) in [6, 6.07) is 4.47. The third kappa shape index (κ3) is 2.69. The molecule has 2 heterocycles. The standard InChI is InChI=1S/C19H26NO4.HI/c1-20-6-5-11-7-16(24-4)19(21)17(18(11)20)13-9-15(23-3)14(22-2)8-12(13)10-20;/h7-9,16-19,21H,5-6,10H2,1-4H3;1H/q+1;/p-1. The summed E-state index contributed by atoms with van der Waals surface area (Å²) in [6.07, 6.45) is 2.44. The molecule has 3 aliphatic rings. The molecule has 5 atom stereocenters. The van der Waals surface area contributed by atoms with Crippen LogP contribution in [0, 0.1) is 0 Å². The SMILES string of the molecule is COc1cc2c(cc1OC)C1C(O)C(OC)C=C3CC[N+](C)(C2)C31.[I-]. The molecule has 1 aliphatic carbocycles. The zero-order valence-corrected chi connectivity index (χ0v) is 17.3. The molecule has 5 nitrogen and oxygen atoms in total. The number of nitrogens with zero attached hydrogens (tertiary/aromatic N) is 1. The van der Waals surface area contributed by atoms with E-state index in [1.165, 1.54) is 16.7 Å². The number of fused-ring (bicyclic) bond motifs is 2. The van der Waals surface area contributed by atoms with Crippen molar-refractivity contribution < 1.29 is 47.8 Å². The number of likely N-dealkylation sites (N-methyl/N-ethyl adjacent to an activating group) is 1. The van der Waals surface area contributed by atoms with E-state index >= 15 is 0 Å². The lowest BCUT2D eigenvalue weighted by Gasteiger charge is -2.49. The Balaban J connectivity index is 0.00000182. The van der Waals surface area contributed by atoms with Gasteiger partial charge in [0.1, 0.15) is 18.7 Å². The summed E-state index contributed by atoms with van der Waals surface area (Å²) in [6.45, 7) is 2.06. The van der Waals surface area contributed by atoms with Crippen LogP contribution in [-0.2, 0) is 11.3 Å². The number of methoxy groups -OCH3 is 3. The highest BCUT2D eigenvalue weighted by Gasteiger charge is 2.56. The molecule has 1 N–H and O–H groups in total. The lowest BCUT2D eigenvalue weighted by atomic mass is 9.72. The first-order valence-corrected chi connectivity index (χ1v) is 8.53. The Morgan fingerprint density at radius 2 is 1.80 bits per heavy atom. The average molecular weight is 459 g/mol. The Labute approximate surface area is 166 Å². The van der Waals surface area contributed by atoms with Gasteiger partial charge in [0.15, 0.2) is 11.5 Å². The number of aliphatic hydroxyl groups is 1. The predicted octanol–water partition coefficient (Wildman–Crippen LogP) is -1.16. The summed E-state index contributed by atoms with van der Waals surface area (Å²) in [5.74, 6) is 1.51. The topological polar surface area (TPSA) is 47.9 Å². The molecule has 0 bridgehead atoms. The van der Waals surface area contributed by atoms with Crippen molar-refractivity contribution >= 4 is 0 Å². The third-order valence-electron chi connectivity index (χ3n) is 6.19. The van der Waals surface area contributed by atoms with Crippen LogP contribution in [0.3, 0.4) is 0 Å². The summed E-state index contributed by atoms with van der Waals surface area (Å²) in [5, 5.41) is 11.0. The van der Waals surface area contributed by atoms with Gasteiger partial charge in [0.05, 0.1) is 39.8 Å². The maximum Gasteiger partial charge on any atom is 0.161 e. The van der Waals surface area contributed by atoms with Crippen molar-refractivity contribution in [1.82, 2.24) is 0 Å². The van der Waals surface area contributed by atoms with Crippen molar-refractivity contribution in [2.24, 2.45) is 0 Å². The van der Waals surface area contributed by atoms with E-state index in [1.807, 2.05) is 0 Å². The van der Waals surface area contributed by atoms with Crippen LogP contribution < -0.4 is 33.5 Å². The van der Waals surface area contributed by atoms with E-state index in [9.17, 15) is 5.11 Å². The van der Waals surface area contributed by atoms with Crippen LogP contribution in [0.5, 0.6) is 11.5 Å². The van der Waals surface area contributed by atoms with Gasteiger partial charge >= 0.3 is 0 Å². The highest BCUT2D eigenvalue weighted by molar-refractivity contribution is 5.51. The van der Waals surface area contributed by atoms with Crippen LogP contribution in [0.4, 0.5) is 0 Å². The van der Waals surface area contributed by atoms with E-state index in [1.54, 1.807) is 21.3 Å². The molecule has 0 radical (unpaired) electrons. The van der Waals surface area contributed by atoms with Crippen molar-refractivity contribution in [1.29, 1.82) is 0 Å². The number of quaternary nitrogens is 1. The van der Waals surface area contributed by atoms with Crippen molar-refractivity contribution in [2.75, 3.05) is 34.9 Å². The van der Waals surface area contributed by atoms with Gasteiger partial charge in [-0.1, -0.05) is 0 Å². The smallest absolute Gasteiger partial charge is 0.161 e. The molecule has 0 aromatic heterocycles. The lowest BCUT2D eigenvalue weighted by Crippen LogP contribution is -3.00. The summed E-state index contributed by atoms with van der Waals surface area (Å²) in [7, 11) is 7.30. The van der Waals surface area contributed by atoms with Gasteiger partial charge in [-0.25, -0.2) is 0 Å². The van der Waals surface area contributed by atoms with Gasteiger partial charge in [-0.15, -0.1) is 0 Å². The van der Waals surface area contributed by atoms with Crippen LogP contribution in [0.15, 0.2) is 23.8 Å². The van der Waals surface area contributed by atoms with Gasteiger partial charge in [0.2, 0.25) is 0 Å².